The first kappa shape index (κ1) is 6.81. The van der Waals surface area contributed by atoms with Crippen molar-refractivity contribution in [2.24, 2.45) is 5.92 Å². The molecule has 0 radical (unpaired) electrons. The van der Waals surface area contributed by atoms with Crippen LogP contribution in [0, 0.1) is 5.92 Å². The quantitative estimate of drug-likeness (QED) is 0.515. The fourth-order valence-corrected chi connectivity index (χ4v) is 2.46. The molecule has 1 rings (SSSR count). The molecule has 0 heterocycles. The second kappa shape index (κ2) is 3.01. The van der Waals surface area contributed by atoms with Gasteiger partial charge in [-0.1, -0.05) is 22.6 Å². The molecule has 2 heteroatoms. The Morgan fingerprint density at radius 1 is 1.62 bits per heavy atom. The van der Waals surface area contributed by atoms with E-state index >= 15 is 0 Å². The summed E-state index contributed by atoms with van der Waals surface area (Å²) in [6.45, 7) is 0.972. The van der Waals surface area contributed by atoms with Crippen LogP contribution < -0.4 is 0 Å². The Morgan fingerprint density at radius 2 is 2.25 bits per heavy atom. The number of hydrogen-bond acceptors (Lipinski definition) is 1. The lowest BCUT2D eigenvalue weighted by Gasteiger charge is -2.30. The Bertz CT molecular complexity index is 66.2. The topological polar surface area (TPSA) is 9.23 Å². The lowest BCUT2D eigenvalue weighted by molar-refractivity contribution is 0.118. The van der Waals surface area contributed by atoms with Gasteiger partial charge in [-0.05, 0) is 18.8 Å². The van der Waals surface area contributed by atoms with Gasteiger partial charge in [0, 0.05) is 17.6 Å². The van der Waals surface area contributed by atoms with Crippen molar-refractivity contribution in [1.29, 1.82) is 0 Å². The Morgan fingerprint density at radius 3 is 2.62 bits per heavy atom. The van der Waals surface area contributed by atoms with Crippen molar-refractivity contribution in [1.82, 2.24) is 0 Å². The van der Waals surface area contributed by atoms with Crippen LogP contribution in [-0.4, -0.2) is 17.6 Å². The van der Waals surface area contributed by atoms with Crippen LogP contribution in [0.1, 0.15) is 12.8 Å². The predicted octanol–water partition coefficient (Wildman–Crippen LogP) is 1.85. The van der Waals surface area contributed by atoms with Crippen molar-refractivity contribution >= 4 is 22.6 Å². The van der Waals surface area contributed by atoms with Gasteiger partial charge in [-0.25, -0.2) is 0 Å². The Kier molecular flexibility index (Phi) is 2.56. The highest BCUT2D eigenvalue weighted by Gasteiger charge is 2.25. The standard InChI is InChI=1S/C6H11IO/c1-8-4-5-2-6(7)3-5/h5-6H,2-4H2,1H3. The van der Waals surface area contributed by atoms with E-state index in [1.807, 2.05) is 0 Å². The molecule has 0 amide bonds. The van der Waals surface area contributed by atoms with Gasteiger partial charge in [-0.3, -0.25) is 0 Å². The van der Waals surface area contributed by atoms with E-state index in [9.17, 15) is 0 Å². The molecule has 0 spiro atoms. The van der Waals surface area contributed by atoms with Gasteiger partial charge in [0.25, 0.3) is 0 Å². The van der Waals surface area contributed by atoms with E-state index in [4.69, 9.17) is 4.74 Å². The fourth-order valence-electron chi connectivity index (χ4n) is 1.03. The molecule has 0 atom stereocenters. The second-order valence-electron chi connectivity index (χ2n) is 2.39. The molecule has 0 saturated heterocycles. The largest absolute Gasteiger partial charge is 0.384 e. The van der Waals surface area contributed by atoms with E-state index in [2.05, 4.69) is 22.6 Å². The lowest BCUT2D eigenvalue weighted by atomic mass is 9.86. The third-order valence-corrected chi connectivity index (χ3v) is 2.60. The Balaban J connectivity index is 1.98. The molecule has 1 aliphatic carbocycles. The first-order chi connectivity index (χ1) is 3.83. The molecule has 1 aliphatic rings. The zero-order valence-electron chi connectivity index (χ0n) is 5.06. The van der Waals surface area contributed by atoms with Crippen molar-refractivity contribution in [2.45, 2.75) is 16.8 Å². The second-order valence-corrected chi connectivity index (χ2v) is 4.15. The molecule has 48 valence electrons. The minimum atomic E-state index is 0.877. The number of halogens is 1. The van der Waals surface area contributed by atoms with Crippen molar-refractivity contribution in [2.75, 3.05) is 13.7 Å². The van der Waals surface area contributed by atoms with E-state index in [1.54, 1.807) is 7.11 Å². The number of hydrogen-bond donors (Lipinski definition) is 0. The van der Waals surface area contributed by atoms with E-state index in [1.165, 1.54) is 12.8 Å². The third kappa shape index (κ3) is 1.58. The predicted molar refractivity (Wildman–Crippen MR) is 42.4 cm³/mol. The molecular formula is C6H11IO. The number of ether oxygens (including phenoxy) is 1. The van der Waals surface area contributed by atoms with E-state index < -0.39 is 0 Å². The van der Waals surface area contributed by atoms with Crippen LogP contribution >= 0.6 is 22.6 Å². The van der Waals surface area contributed by atoms with Crippen LogP contribution in [0.25, 0.3) is 0 Å². The smallest absolute Gasteiger partial charge is 0.0491 e. The van der Waals surface area contributed by atoms with Crippen LogP contribution in [0.2, 0.25) is 0 Å². The molecule has 0 aromatic heterocycles. The Labute approximate surface area is 63.9 Å². The number of rotatable bonds is 2. The summed E-state index contributed by atoms with van der Waals surface area (Å²) >= 11 is 2.49. The summed E-state index contributed by atoms with van der Waals surface area (Å²) in [5, 5.41) is 0. The fraction of sp³-hybridized carbons (Fsp3) is 1.00. The summed E-state index contributed by atoms with van der Waals surface area (Å²) in [5.41, 5.74) is 0. The van der Waals surface area contributed by atoms with Crippen LogP contribution in [0.3, 0.4) is 0 Å². The summed E-state index contributed by atoms with van der Waals surface area (Å²) < 4.78 is 5.93. The highest BCUT2D eigenvalue weighted by atomic mass is 127. The van der Waals surface area contributed by atoms with E-state index in [0.717, 1.165) is 16.4 Å². The first-order valence-electron chi connectivity index (χ1n) is 2.96. The summed E-state index contributed by atoms with van der Waals surface area (Å²) in [4.78, 5) is 0. The zero-order chi connectivity index (χ0) is 5.98. The van der Waals surface area contributed by atoms with Gasteiger partial charge in [-0.2, -0.15) is 0 Å². The Hall–Kier alpha value is 0.690. The molecule has 0 unspecified atom stereocenters. The summed E-state index contributed by atoms with van der Waals surface area (Å²) in [5.74, 6) is 0.877. The highest BCUT2D eigenvalue weighted by Crippen LogP contribution is 2.33. The SMILES string of the molecule is COCC1CC(I)C1. The summed E-state index contributed by atoms with van der Waals surface area (Å²) in [7, 11) is 1.78. The van der Waals surface area contributed by atoms with E-state index in [-0.39, 0.29) is 0 Å². The minimum absolute atomic E-state index is 0.877. The van der Waals surface area contributed by atoms with Crippen LogP contribution in [0.15, 0.2) is 0 Å². The van der Waals surface area contributed by atoms with Gasteiger partial charge < -0.3 is 4.74 Å². The highest BCUT2D eigenvalue weighted by molar-refractivity contribution is 14.1. The summed E-state index contributed by atoms with van der Waals surface area (Å²) in [6, 6.07) is 0. The molecule has 0 aromatic carbocycles. The van der Waals surface area contributed by atoms with Crippen LogP contribution in [-0.2, 0) is 4.74 Å². The third-order valence-electron chi connectivity index (χ3n) is 1.58. The maximum Gasteiger partial charge on any atom is 0.0491 e. The van der Waals surface area contributed by atoms with Crippen molar-refractivity contribution in [3.63, 3.8) is 0 Å². The average molecular weight is 226 g/mol. The molecule has 0 aromatic rings. The van der Waals surface area contributed by atoms with E-state index in [0.29, 0.717) is 0 Å². The number of alkyl halides is 1. The van der Waals surface area contributed by atoms with Crippen molar-refractivity contribution < 1.29 is 4.74 Å². The van der Waals surface area contributed by atoms with Crippen molar-refractivity contribution in [3.05, 3.63) is 0 Å². The molecule has 1 nitrogen and oxygen atoms in total. The van der Waals surface area contributed by atoms with Crippen molar-refractivity contribution in [3.8, 4) is 0 Å². The first-order valence-corrected chi connectivity index (χ1v) is 4.20. The maximum absolute atomic E-state index is 4.99. The minimum Gasteiger partial charge on any atom is -0.384 e. The van der Waals surface area contributed by atoms with Crippen LogP contribution in [0.5, 0.6) is 0 Å². The van der Waals surface area contributed by atoms with Gasteiger partial charge >= 0.3 is 0 Å². The van der Waals surface area contributed by atoms with Gasteiger partial charge in [0.1, 0.15) is 0 Å². The summed E-state index contributed by atoms with van der Waals surface area (Å²) in [6.07, 6.45) is 2.74. The normalized spacial score (nSPS) is 36.8. The molecule has 0 aliphatic heterocycles. The van der Waals surface area contributed by atoms with Gasteiger partial charge in [0.2, 0.25) is 0 Å². The molecule has 1 saturated carbocycles. The van der Waals surface area contributed by atoms with Gasteiger partial charge in [-0.15, -0.1) is 0 Å². The molecule has 0 bridgehead atoms. The molecule has 1 fully saturated rings. The lowest BCUT2D eigenvalue weighted by Crippen LogP contribution is -2.26. The zero-order valence-corrected chi connectivity index (χ0v) is 7.22. The maximum atomic E-state index is 4.99. The monoisotopic (exact) mass is 226 g/mol. The molecular weight excluding hydrogens is 215 g/mol. The average Bonchev–Trinajstić information content (AvgIpc) is 1.64. The van der Waals surface area contributed by atoms with Gasteiger partial charge in [0.05, 0.1) is 0 Å². The van der Waals surface area contributed by atoms with Crippen LogP contribution in [0.4, 0.5) is 0 Å². The molecule has 0 N–H and O–H groups in total. The number of methoxy groups -OCH3 is 1. The molecule has 8 heavy (non-hydrogen) atoms. The van der Waals surface area contributed by atoms with Gasteiger partial charge in [0.15, 0.2) is 0 Å².